The summed E-state index contributed by atoms with van der Waals surface area (Å²) in [6.45, 7) is 3.26. The number of aryl methyl sites for hydroxylation is 1. The molecule has 2 bridgehead atoms. The lowest BCUT2D eigenvalue weighted by atomic mass is 9.69. The van der Waals surface area contributed by atoms with Crippen molar-refractivity contribution in [1.82, 2.24) is 4.90 Å². The molecule has 4 unspecified atom stereocenters. The van der Waals surface area contributed by atoms with E-state index in [1.807, 2.05) is 12.1 Å². The summed E-state index contributed by atoms with van der Waals surface area (Å²) in [5, 5.41) is 9.93. The molecule has 3 rings (SSSR count). The van der Waals surface area contributed by atoms with Crippen LogP contribution < -0.4 is 0 Å². The average Bonchev–Trinajstić information content (AvgIpc) is 2.74. The lowest BCUT2D eigenvalue weighted by molar-refractivity contribution is 0.165. The number of rotatable bonds is 3. The Morgan fingerprint density at radius 1 is 1.15 bits per heavy atom. The van der Waals surface area contributed by atoms with Gasteiger partial charge in [-0.1, -0.05) is 12.5 Å². The summed E-state index contributed by atoms with van der Waals surface area (Å²) < 4.78 is 0. The van der Waals surface area contributed by atoms with Gasteiger partial charge in [-0.05, 0) is 87.2 Å². The van der Waals surface area contributed by atoms with Gasteiger partial charge in [0.25, 0.3) is 0 Å². The minimum atomic E-state index is 0.432. The highest BCUT2D eigenvalue weighted by molar-refractivity contribution is 5.35. The third-order valence-electron chi connectivity index (χ3n) is 5.38. The first-order valence-corrected chi connectivity index (χ1v) is 7.98. The smallest absolute Gasteiger partial charge is 0.116 e. The van der Waals surface area contributed by atoms with Gasteiger partial charge in [0.1, 0.15) is 5.75 Å². The Labute approximate surface area is 122 Å². The van der Waals surface area contributed by atoms with Crippen LogP contribution in [-0.4, -0.2) is 30.6 Å². The Kier molecular flexibility index (Phi) is 3.76. The number of benzene rings is 1. The zero-order chi connectivity index (χ0) is 14.3. The van der Waals surface area contributed by atoms with E-state index in [0.29, 0.717) is 11.7 Å². The van der Waals surface area contributed by atoms with Gasteiger partial charge in [0.15, 0.2) is 0 Å². The summed E-state index contributed by atoms with van der Waals surface area (Å²) in [5.74, 6) is 3.63. The Bertz CT molecular complexity index is 462. The first kappa shape index (κ1) is 13.9. The molecule has 2 saturated carbocycles. The molecule has 2 aliphatic carbocycles. The molecule has 2 nitrogen and oxygen atoms in total. The van der Waals surface area contributed by atoms with Crippen LogP contribution in [0, 0.1) is 24.7 Å². The van der Waals surface area contributed by atoms with Gasteiger partial charge in [0.2, 0.25) is 0 Å². The molecular formula is C18H27NO. The van der Waals surface area contributed by atoms with Crippen LogP contribution in [0.1, 0.15) is 42.7 Å². The quantitative estimate of drug-likeness (QED) is 0.906. The number of aromatic hydroxyl groups is 1. The van der Waals surface area contributed by atoms with Crippen molar-refractivity contribution in [3.05, 3.63) is 29.3 Å². The normalized spacial score (nSPS) is 32.8. The summed E-state index contributed by atoms with van der Waals surface area (Å²) in [4.78, 5) is 2.34. The molecule has 0 aliphatic heterocycles. The maximum atomic E-state index is 9.93. The van der Waals surface area contributed by atoms with Crippen molar-refractivity contribution < 1.29 is 5.11 Å². The van der Waals surface area contributed by atoms with Gasteiger partial charge in [0.05, 0.1) is 0 Å². The number of nitrogens with zero attached hydrogens (tertiary/aromatic N) is 1. The average molecular weight is 273 g/mol. The SMILES string of the molecule is Cc1cc(O)cc(C2CC3CCC(C3)C2CN(C)C)c1. The topological polar surface area (TPSA) is 23.5 Å². The van der Waals surface area contributed by atoms with E-state index in [0.717, 1.165) is 17.8 Å². The number of hydrogen-bond donors (Lipinski definition) is 1. The van der Waals surface area contributed by atoms with Gasteiger partial charge in [-0.2, -0.15) is 0 Å². The minimum Gasteiger partial charge on any atom is -0.508 e. The van der Waals surface area contributed by atoms with Crippen LogP contribution >= 0.6 is 0 Å². The van der Waals surface area contributed by atoms with Crippen LogP contribution in [-0.2, 0) is 0 Å². The van der Waals surface area contributed by atoms with Crippen LogP contribution in [0.5, 0.6) is 5.75 Å². The van der Waals surface area contributed by atoms with Gasteiger partial charge in [-0.3, -0.25) is 0 Å². The third kappa shape index (κ3) is 2.71. The highest BCUT2D eigenvalue weighted by Gasteiger charge is 2.42. The molecule has 0 radical (unpaired) electrons. The maximum absolute atomic E-state index is 9.93. The zero-order valence-electron chi connectivity index (χ0n) is 13.0. The third-order valence-corrected chi connectivity index (χ3v) is 5.38. The zero-order valence-corrected chi connectivity index (χ0v) is 13.0. The Balaban J connectivity index is 1.91. The number of phenols is 1. The van der Waals surface area contributed by atoms with Gasteiger partial charge in [-0.25, -0.2) is 0 Å². The molecule has 0 spiro atoms. The number of fused-ring (bicyclic) bond motifs is 2. The molecule has 2 heteroatoms. The van der Waals surface area contributed by atoms with Crippen LogP contribution in [0.2, 0.25) is 0 Å². The summed E-state index contributed by atoms with van der Waals surface area (Å²) in [6.07, 6.45) is 5.59. The molecular weight excluding hydrogens is 246 g/mol. The first-order valence-electron chi connectivity index (χ1n) is 7.98. The highest BCUT2D eigenvalue weighted by atomic mass is 16.3. The summed E-state index contributed by atoms with van der Waals surface area (Å²) >= 11 is 0. The van der Waals surface area contributed by atoms with Gasteiger partial charge in [-0.15, -0.1) is 0 Å². The van der Waals surface area contributed by atoms with Gasteiger partial charge in [0, 0.05) is 6.54 Å². The Hall–Kier alpha value is -1.02. The van der Waals surface area contributed by atoms with Gasteiger partial charge >= 0.3 is 0 Å². The monoisotopic (exact) mass is 273 g/mol. The van der Waals surface area contributed by atoms with Crippen LogP contribution in [0.25, 0.3) is 0 Å². The molecule has 110 valence electrons. The molecule has 4 atom stereocenters. The van der Waals surface area contributed by atoms with E-state index in [1.165, 1.54) is 43.4 Å². The molecule has 0 amide bonds. The predicted octanol–water partition coefficient (Wildman–Crippen LogP) is 3.78. The molecule has 2 fully saturated rings. The summed E-state index contributed by atoms with van der Waals surface area (Å²) in [7, 11) is 4.37. The number of hydrogen-bond acceptors (Lipinski definition) is 2. The molecule has 20 heavy (non-hydrogen) atoms. The molecule has 0 saturated heterocycles. The fraction of sp³-hybridized carbons (Fsp3) is 0.667. The van der Waals surface area contributed by atoms with E-state index in [-0.39, 0.29) is 0 Å². The van der Waals surface area contributed by atoms with E-state index < -0.39 is 0 Å². The lowest BCUT2D eigenvalue weighted by Crippen LogP contribution is -2.34. The van der Waals surface area contributed by atoms with Crippen molar-refractivity contribution in [2.45, 2.75) is 38.5 Å². The van der Waals surface area contributed by atoms with Crippen molar-refractivity contribution in [1.29, 1.82) is 0 Å². The van der Waals surface area contributed by atoms with Crippen LogP contribution in [0.3, 0.4) is 0 Å². The van der Waals surface area contributed by atoms with Crippen molar-refractivity contribution in [3.63, 3.8) is 0 Å². The maximum Gasteiger partial charge on any atom is 0.116 e. The van der Waals surface area contributed by atoms with E-state index in [1.54, 1.807) is 0 Å². The predicted molar refractivity (Wildman–Crippen MR) is 83.1 cm³/mol. The van der Waals surface area contributed by atoms with Crippen molar-refractivity contribution >= 4 is 0 Å². The molecule has 0 aromatic heterocycles. The highest BCUT2D eigenvalue weighted by Crippen LogP contribution is 2.52. The summed E-state index contributed by atoms with van der Waals surface area (Å²) in [5.41, 5.74) is 2.55. The largest absolute Gasteiger partial charge is 0.508 e. The molecule has 0 heterocycles. The second-order valence-corrected chi connectivity index (χ2v) is 7.31. The van der Waals surface area contributed by atoms with Crippen molar-refractivity contribution in [3.8, 4) is 5.75 Å². The number of phenolic OH excluding ortho intramolecular Hbond substituents is 1. The Morgan fingerprint density at radius 2 is 1.95 bits per heavy atom. The summed E-state index contributed by atoms with van der Waals surface area (Å²) in [6, 6.07) is 6.16. The molecule has 1 aromatic rings. The van der Waals surface area contributed by atoms with Crippen LogP contribution in [0.15, 0.2) is 18.2 Å². The molecule has 1 aromatic carbocycles. The van der Waals surface area contributed by atoms with Crippen molar-refractivity contribution in [2.75, 3.05) is 20.6 Å². The first-order chi connectivity index (χ1) is 9.52. The second-order valence-electron chi connectivity index (χ2n) is 7.31. The second kappa shape index (κ2) is 5.40. The fourth-order valence-electron chi connectivity index (χ4n) is 4.67. The standard InChI is InChI=1S/C18H27NO/c1-12-6-15(10-16(20)7-12)17-9-13-4-5-14(8-13)18(17)11-19(2)3/h6-7,10,13-14,17-18,20H,4-5,8-9,11H2,1-3H3. The van der Waals surface area contributed by atoms with E-state index in [2.05, 4.69) is 32.0 Å². The minimum absolute atomic E-state index is 0.432. The fourth-order valence-corrected chi connectivity index (χ4v) is 4.67. The van der Waals surface area contributed by atoms with Crippen LogP contribution in [0.4, 0.5) is 0 Å². The lowest BCUT2D eigenvalue weighted by Gasteiger charge is -2.39. The van der Waals surface area contributed by atoms with E-state index >= 15 is 0 Å². The Morgan fingerprint density at radius 3 is 2.65 bits per heavy atom. The van der Waals surface area contributed by atoms with E-state index in [4.69, 9.17) is 0 Å². The van der Waals surface area contributed by atoms with E-state index in [9.17, 15) is 5.11 Å². The van der Waals surface area contributed by atoms with Gasteiger partial charge < -0.3 is 10.0 Å². The molecule has 1 N–H and O–H groups in total. The van der Waals surface area contributed by atoms with Crippen molar-refractivity contribution in [2.24, 2.45) is 17.8 Å². The molecule has 2 aliphatic rings.